The van der Waals surface area contributed by atoms with Crippen molar-refractivity contribution in [3.8, 4) is 0 Å². The van der Waals surface area contributed by atoms with E-state index in [0.717, 1.165) is 49.1 Å². The summed E-state index contributed by atoms with van der Waals surface area (Å²) in [6.07, 6.45) is 3.51. The van der Waals surface area contributed by atoms with Crippen LogP contribution in [0.2, 0.25) is 0 Å². The molecule has 3 rings (SSSR count). The molecule has 1 aromatic carbocycles. The minimum atomic E-state index is -0.245. The predicted octanol–water partition coefficient (Wildman–Crippen LogP) is 2.67. The predicted molar refractivity (Wildman–Crippen MR) is 105 cm³/mol. The van der Waals surface area contributed by atoms with Gasteiger partial charge in [0.1, 0.15) is 5.82 Å². The number of halogens is 2. The van der Waals surface area contributed by atoms with Gasteiger partial charge in [-0.2, -0.15) is 0 Å². The van der Waals surface area contributed by atoms with Crippen LogP contribution in [0.25, 0.3) is 0 Å². The molecule has 138 valence electrons. The number of rotatable bonds is 4. The monoisotopic (exact) mass is 420 g/mol. The summed E-state index contributed by atoms with van der Waals surface area (Å²) in [4.78, 5) is 17.6. The SMILES string of the molecule is CCNC(=NCc1ccc(Br)cc1F)N1CCN(c2ncccn2)CC1. The van der Waals surface area contributed by atoms with E-state index >= 15 is 0 Å². The van der Waals surface area contributed by atoms with Crippen molar-refractivity contribution in [2.45, 2.75) is 13.5 Å². The molecule has 8 heteroatoms. The normalized spacial score (nSPS) is 15.3. The Morgan fingerprint density at radius 2 is 1.96 bits per heavy atom. The Bertz CT molecular complexity index is 747. The molecular formula is C18H22BrFN6. The lowest BCUT2D eigenvalue weighted by Crippen LogP contribution is -2.53. The highest BCUT2D eigenvalue weighted by molar-refractivity contribution is 9.10. The smallest absolute Gasteiger partial charge is 0.225 e. The molecule has 0 aliphatic carbocycles. The van der Waals surface area contributed by atoms with Crippen LogP contribution in [0, 0.1) is 5.82 Å². The van der Waals surface area contributed by atoms with Gasteiger partial charge in [-0.15, -0.1) is 0 Å². The summed E-state index contributed by atoms with van der Waals surface area (Å²) in [5.74, 6) is 1.32. The number of guanidine groups is 1. The fourth-order valence-corrected chi connectivity index (χ4v) is 3.14. The molecule has 1 aliphatic heterocycles. The molecule has 1 N–H and O–H groups in total. The maximum Gasteiger partial charge on any atom is 0.225 e. The Kier molecular flexibility index (Phi) is 6.38. The molecule has 26 heavy (non-hydrogen) atoms. The summed E-state index contributed by atoms with van der Waals surface area (Å²) in [7, 11) is 0. The first-order chi connectivity index (χ1) is 12.7. The van der Waals surface area contributed by atoms with Gasteiger partial charge in [-0.25, -0.2) is 19.4 Å². The number of hydrogen-bond donors (Lipinski definition) is 1. The summed E-state index contributed by atoms with van der Waals surface area (Å²) < 4.78 is 14.7. The van der Waals surface area contributed by atoms with Crippen molar-refractivity contribution >= 4 is 27.8 Å². The van der Waals surface area contributed by atoms with Gasteiger partial charge in [-0.05, 0) is 25.1 Å². The second kappa shape index (κ2) is 8.93. The quantitative estimate of drug-likeness (QED) is 0.608. The van der Waals surface area contributed by atoms with Crippen molar-refractivity contribution in [3.05, 3.63) is 52.5 Å². The summed E-state index contributed by atoms with van der Waals surface area (Å²) in [5, 5.41) is 3.30. The van der Waals surface area contributed by atoms with E-state index in [1.54, 1.807) is 18.5 Å². The average molecular weight is 421 g/mol. The highest BCUT2D eigenvalue weighted by Gasteiger charge is 2.21. The largest absolute Gasteiger partial charge is 0.357 e. The van der Waals surface area contributed by atoms with E-state index in [-0.39, 0.29) is 5.82 Å². The Labute approximate surface area is 161 Å². The highest BCUT2D eigenvalue weighted by Crippen LogP contribution is 2.16. The maximum absolute atomic E-state index is 14.0. The number of piperazine rings is 1. The molecule has 0 atom stereocenters. The summed E-state index contributed by atoms with van der Waals surface area (Å²) >= 11 is 3.28. The van der Waals surface area contributed by atoms with Crippen LogP contribution in [-0.4, -0.2) is 53.6 Å². The number of nitrogens with one attached hydrogen (secondary N) is 1. The summed E-state index contributed by atoms with van der Waals surface area (Å²) in [6, 6.07) is 6.88. The summed E-state index contributed by atoms with van der Waals surface area (Å²) in [6.45, 7) is 6.37. The minimum absolute atomic E-state index is 0.245. The van der Waals surface area contributed by atoms with E-state index in [4.69, 9.17) is 0 Å². The number of aliphatic imine (C=N–C) groups is 1. The molecule has 2 heterocycles. The van der Waals surface area contributed by atoms with Gasteiger partial charge in [0.05, 0.1) is 6.54 Å². The molecule has 0 bridgehead atoms. The van der Waals surface area contributed by atoms with Gasteiger partial charge in [-0.3, -0.25) is 0 Å². The van der Waals surface area contributed by atoms with Crippen LogP contribution in [0.1, 0.15) is 12.5 Å². The standard InChI is InChI=1S/C18H22BrFN6/c1-2-21-17(24-13-14-4-5-15(19)12-16(14)20)25-8-10-26(11-9-25)18-22-6-3-7-23-18/h3-7,12H,2,8-11,13H2,1H3,(H,21,24). The first kappa shape index (κ1) is 18.6. The molecule has 1 saturated heterocycles. The van der Waals surface area contributed by atoms with Crippen LogP contribution >= 0.6 is 15.9 Å². The van der Waals surface area contributed by atoms with E-state index in [1.807, 2.05) is 19.1 Å². The van der Waals surface area contributed by atoms with Gasteiger partial charge in [0.2, 0.25) is 5.95 Å². The first-order valence-corrected chi connectivity index (χ1v) is 9.46. The van der Waals surface area contributed by atoms with Crippen molar-refractivity contribution in [2.75, 3.05) is 37.6 Å². The van der Waals surface area contributed by atoms with Gasteiger partial charge >= 0.3 is 0 Å². The lowest BCUT2D eigenvalue weighted by atomic mass is 10.2. The molecule has 0 spiro atoms. The second-order valence-corrected chi connectivity index (χ2v) is 6.84. The number of aromatic nitrogens is 2. The number of nitrogens with zero attached hydrogens (tertiary/aromatic N) is 5. The first-order valence-electron chi connectivity index (χ1n) is 8.66. The van der Waals surface area contributed by atoms with Gasteiger partial charge in [0.15, 0.2) is 5.96 Å². The zero-order valence-corrected chi connectivity index (χ0v) is 16.3. The van der Waals surface area contributed by atoms with E-state index in [1.165, 1.54) is 6.07 Å². The Balaban J connectivity index is 1.64. The van der Waals surface area contributed by atoms with Crippen LogP contribution in [0.3, 0.4) is 0 Å². The third-order valence-electron chi connectivity index (χ3n) is 4.16. The van der Waals surface area contributed by atoms with E-state index < -0.39 is 0 Å². The van der Waals surface area contributed by atoms with Gasteiger partial charge in [0, 0.05) is 55.2 Å². The molecule has 1 aliphatic rings. The molecular weight excluding hydrogens is 399 g/mol. The van der Waals surface area contributed by atoms with Crippen molar-refractivity contribution in [3.63, 3.8) is 0 Å². The van der Waals surface area contributed by atoms with E-state index in [0.29, 0.717) is 12.1 Å². The highest BCUT2D eigenvalue weighted by atomic mass is 79.9. The van der Waals surface area contributed by atoms with Crippen LogP contribution in [-0.2, 0) is 6.54 Å². The summed E-state index contributed by atoms with van der Waals surface area (Å²) in [5.41, 5.74) is 0.583. The topological polar surface area (TPSA) is 56.7 Å². The second-order valence-electron chi connectivity index (χ2n) is 5.93. The van der Waals surface area contributed by atoms with Crippen molar-refractivity contribution in [2.24, 2.45) is 4.99 Å². The minimum Gasteiger partial charge on any atom is -0.357 e. The fraction of sp³-hybridized carbons (Fsp3) is 0.389. The van der Waals surface area contributed by atoms with E-state index in [9.17, 15) is 4.39 Å². The van der Waals surface area contributed by atoms with Gasteiger partial charge < -0.3 is 15.1 Å². The van der Waals surface area contributed by atoms with Crippen LogP contribution < -0.4 is 10.2 Å². The van der Waals surface area contributed by atoms with E-state index in [2.05, 4.69) is 46.0 Å². The lowest BCUT2D eigenvalue weighted by Gasteiger charge is -2.36. The molecule has 1 fully saturated rings. The zero-order valence-electron chi connectivity index (χ0n) is 14.7. The van der Waals surface area contributed by atoms with Gasteiger partial charge in [-0.1, -0.05) is 22.0 Å². The molecule has 0 saturated carbocycles. The molecule has 0 radical (unpaired) electrons. The van der Waals surface area contributed by atoms with Crippen LogP contribution in [0.15, 0.2) is 46.1 Å². The van der Waals surface area contributed by atoms with Crippen molar-refractivity contribution < 1.29 is 4.39 Å². The molecule has 2 aromatic rings. The molecule has 1 aromatic heterocycles. The van der Waals surface area contributed by atoms with Crippen LogP contribution in [0.4, 0.5) is 10.3 Å². The average Bonchev–Trinajstić information content (AvgIpc) is 2.67. The Hall–Kier alpha value is -2.22. The van der Waals surface area contributed by atoms with Crippen molar-refractivity contribution in [1.29, 1.82) is 0 Å². The number of hydrogen-bond acceptors (Lipinski definition) is 4. The Morgan fingerprint density at radius 3 is 2.62 bits per heavy atom. The van der Waals surface area contributed by atoms with Crippen molar-refractivity contribution in [1.82, 2.24) is 20.2 Å². The third-order valence-corrected chi connectivity index (χ3v) is 4.66. The zero-order chi connectivity index (χ0) is 18.4. The van der Waals surface area contributed by atoms with Crippen LogP contribution in [0.5, 0.6) is 0 Å². The maximum atomic E-state index is 14.0. The number of anilines is 1. The molecule has 0 amide bonds. The number of benzene rings is 1. The Morgan fingerprint density at radius 1 is 1.23 bits per heavy atom. The third kappa shape index (κ3) is 4.69. The molecule has 6 nitrogen and oxygen atoms in total. The fourth-order valence-electron chi connectivity index (χ4n) is 2.81. The van der Waals surface area contributed by atoms with Gasteiger partial charge in [0.25, 0.3) is 0 Å². The molecule has 0 unspecified atom stereocenters. The lowest BCUT2D eigenvalue weighted by molar-refractivity contribution is 0.370.